The Balaban J connectivity index is 1.77. The lowest BCUT2D eigenvalue weighted by Crippen LogP contribution is -2.25. The summed E-state index contributed by atoms with van der Waals surface area (Å²) < 4.78 is 2.31. The Morgan fingerprint density at radius 1 is 1.26 bits per heavy atom. The lowest BCUT2D eigenvalue weighted by molar-refractivity contribution is 0.411. The SMILES string of the molecule is CCCCC(CC)CNCc1nnc2n1CCCC2. The summed E-state index contributed by atoms with van der Waals surface area (Å²) in [6, 6.07) is 0. The van der Waals surface area contributed by atoms with Gasteiger partial charge in [-0.15, -0.1) is 10.2 Å². The molecule has 4 heteroatoms. The van der Waals surface area contributed by atoms with Crippen LogP contribution in [0.1, 0.15) is 64.0 Å². The van der Waals surface area contributed by atoms with Crippen LogP contribution in [-0.2, 0) is 19.5 Å². The monoisotopic (exact) mass is 264 g/mol. The van der Waals surface area contributed by atoms with E-state index in [0.717, 1.165) is 37.8 Å². The van der Waals surface area contributed by atoms with E-state index in [0.29, 0.717) is 0 Å². The minimum absolute atomic E-state index is 0.809. The summed E-state index contributed by atoms with van der Waals surface area (Å²) in [5.41, 5.74) is 0. The van der Waals surface area contributed by atoms with Crippen molar-refractivity contribution < 1.29 is 0 Å². The summed E-state index contributed by atoms with van der Waals surface area (Å²) in [4.78, 5) is 0. The third-order valence-corrected chi connectivity index (χ3v) is 4.20. The molecule has 2 rings (SSSR count). The highest BCUT2D eigenvalue weighted by Crippen LogP contribution is 2.15. The number of aromatic nitrogens is 3. The van der Waals surface area contributed by atoms with Crippen molar-refractivity contribution in [2.75, 3.05) is 6.54 Å². The topological polar surface area (TPSA) is 42.7 Å². The van der Waals surface area contributed by atoms with Crippen LogP contribution >= 0.6 is 0 Å². The van der Waals surface area contributed by atoms with Crippen LogP contribution < -0.4 is 5.32 Å². The van der Waals surface area contributed by atoms with Gasteiger partial charge in [-0.25, -0.2) is 0 Å². The molecule has 0 aliphatic carbocycles. The quantitative estimate of drug-likeness (QED) is 0.785. The lowest BCUT2D eigenvalue weighted by Gasteiger charge is -2.17. The molecule has 0 spiro atoms. The number of aryl methyl sites for hydroxylation is 1. The summed E-state index contributed by atoms with van der Waals surface area (Å²) in [5, 5.41) is 12.2. The molecule has 1 aliphatic rings. The Labute approximate surface area is 117 Å². The van der Waals surface area contributed by atoms with E-state index < -0.39 is 0 Å². The average molecular weight is 264 g/mol. The molecule has 1 atom stereocenters. The minimum Gasteiger partial charge on any atom is -0.314 e. The average Bonchev–Trinajstić information content (AvgIpc) is 2.86. The smallest absolute Gasteiger partial charge is 0.147 e. The standard InChI is InChI=1S/C15H28N4/c1-3-5-8-13(4-2)11-16-12-15-18-17-14-9-6-7-10-19(14)15/h13,16H,3-12H2,1-2H3. The van der Waals surface area contributed by atoms with Gasteiger partial charge in [0.05, 0.1) is 6.54 Å². The molecule has 1 aliphatic heterocycles. The predicted molar refractivity (Wildman–Crippen MR) is 78.0 cm³/mol. The maximum atomic E-state index is 4.33. The van der Waals surface area contributed by atoms with Gasteiger partial charge in [0.15, 0.2) is 0 Å². The third-order valence-electron chi connectivity index (χ3n) is 4.20. The van der Waals surface area contributed by atoms with E-state index in [1.807, 2.05) is 0 Å². The van der Waals surface area contributed by atoms with Gasteiger partial charge < -0.3 is 9.88 Å². The highest BCUT2D eigenvalue weighted by molar-refractivity contribution is 4.98. The minimum atomic E-state index is 0.809. The highest BCUT2D eigenvalue weighted by atomic mass is 15.3. The van der Waals surface area contributed by atoms with E-state index in [-0.39, 0.29) is 0 Å². The van der Waals surface area contributed by atoms with Crippen molar-refractivity contribution in [3.8, 4) is 0 Å². The zero-order chi connectivity index (χ0) is 13.5. The summed E-state index contributed by atoms with van der Waals surface area (Å²) in [6.45, 7) is 7.64. The fourth-order valence-electron chi connectivity index (χ4n) is 2.83. The second kappa shape index (κ2) is 7.63. The van der Waals surface area contributed by atoms with Gasteiger partial charge in [0.1, 0.15) is 11.6 Å². The molecular formula is C15H28N4. The molecule has 1 aromatic rings. The summed E-state index contributed by atoms with van der Waals surface area (Å²) >= 11 is 0. The number of fused-ring (bicyclic) bond motifs is 1. The number of hydrogen-bond acceptors (Lipinski definition) is 3. The molecule has 0 fully saturated rings. The van der Waals surface area contributed by atoms with Gasteiger partial charge in [0.25, 0.3) is 0 Å². The predicted octanol–water partition coefficient (Wildman–Crippen LogP) is 2.92. The van der Waals surface area contributed by atoms with E-state index in [2.05, 4.69) is 33.9 Å². The van der Waals surface area contributed by atoms with Gasteiger partial charge in [-0.3, -0.25) is 0 Å². The van der Waals surface area contributed by atoms with Crippen molar-refractivity contribution in [2.45, 2.75) is 71.9 Å². The Bertz CT molecular complexity index is 372. The van der Waals surface area contributed by atoms with E-state index >= 15 is 0 Å². The van der Waals surface area contributed by atoms with Crippen LogP contribution in [-0.4, -0.2) is 21.3 Å². The molecule has 1 N–H and O–H groups in total. The number of hydrogen-bond donors (Lipinski definition) is 1. The van der Waals surface area contributed by atoms with Crippen molar-refractivity contribution in [3.63, 3.8) is 0 Å². The summed E-state index contributed by atoms with van der Waals surface area (Å²) in [5.74, 6) is 3.12. The molecule has 1 unspecified atom stereocenters. The third kappa shape index (κ3) is 4.03. The zero-order valence-electron chi connectivity index (χ0n) is 12.5. The lowest BCUT2D eigenvalue weighted by atomic mass is 9.99. The van der Waals surface area contributed by atoms with Crippen molar-refractivity contribution >= 4 is 0 Å². The van der Waals surface area contributed by atoms with Crippen molar-refractivity contribution in [1.29, 1.82) is 0 Å². The molecule has 19 heavy (non-hydrogen) atoms. The van der Waals surface area contributed by atoms with Gasteiger partial charge in [-0.05, 0) is 31.7 Å². The van der Waals surface area contributed by atoms with Gasteiger partial charge >= 0.3 is 0 Å². The molecule has 0 saturated heterocycles. The first-order chi connectivity index (χ1) is 9.35. The van der Waals surface area contributed by atoms with Gasteiger partial charge in [0.2, 0.25) is 0 Å². The van der Waals surface area contributed by atoms with Gasteiger partial charge in [-0.1, -0.05) is 33.1 Å². The first-order valence-electron chi connectivity index (χ1n) is 7.96. The van der Waals surface area contributed by atoms with Crippen LogP contribution in [0.15, 0.2) is 0 Å². The molecule has 0 aromatic carbocycles. The molecule has 0 radical (unpaired) electrons. The van der Waals surface area contributed by atoms with Gasteiger partial charge in [-0.2, -0.15) is 0 Å². The van der Waals surface area contributed by atoms with Crippen molar-refractivity contribution in [1.82, 2.24) is 20.1 Å². The molecule has 0 saturated carbocycles. The van der Waals surface area contributed by atoms with Crippen LogP contribution in [0.4, 0.5) is 0 Å². The van der Waals surface area contributed by atoms with Crippen LogP contribution in [0.25, 0.3) is 0 Å². The Hall–Kier alpha value is -0.900. The number of unbranched alkanes of at least 4 members (excludes halogenated alkanes) is 1. The Kier molecular flexibility index (Phi) is 5.83. The first kappa shape index (κ1) is 14.5. The fourth-order valence-corrected chi connectivity index (χ4v) is 2.83. The number of rotatable bonds is 8. The molecule has 0 bridgehead atoms. The van der Waals surface area contributed by atoms with Crippen LogP contribution in [0.2, 0.25) is 0 Å². The van der Waals surface area contributed by atoms with Crippen molar-refractivity contribution in [3.05, 3.63) is 11.6 Å². The van der Waals surface area contributed by atoms with E-state index in [1.165, 1.54) is 44.3 Å². The molecule has 0 amide bonds. The normalized spacial score (nSPS) is 16.3. The van der Waals surface area contributed by atoms with E-state index in [9.17, 15) is 0 Å². The largest absolute Gasteiger partial charge is 0.314 e. The molecule has 2 heterocycles. The number of nitrogens with one attached hydrogen (secondary N) is 1. The summed E-state index contributed by atoms with van der Waals surface area (Å²) in [7, 11) is 0. The zero-order valence-corrected chi connectivity index (χ0v) is 12.5. The highest BCUT2D eigenvalue weighted by Gasteiger charge is 2.15. The molecular weight excluding hydrogens is 236 g/mol. The van der Waals surface area contributed by atoms with Gasteiger partial charge in [0, 0.05) is 13.0 Å². The van der Waals surface area contributed by atoms with Crippen LogP contribution in [0.5, 0.6) is 0 Å². The maximum Gasteiger partial charge on any atom is 0.147 e. The van der Waals surface area contributed by atoms with E-state index in [1.54, 1.807) is 0 Å². The molecule has 4 nitrogen and oxygen atoms in total. The molecule has 1 aromatic heterocycles. The second-order valence-corrected chi connectivity index (χ2v) is 5.69. The van der Waals surface area contributed by atoms with Crippen LogP contribution in [0.3, 0.4) is 0 Å². The fraction of sp³-hybridized carbons (Fsp3) is 0.867. The first-order valence-corrected chi connectivity index (χ1v) is 7.96. The summed E-state index contributed by atoms with van der Waals surface area (Å²) in [6.07, 6.45) is 8.89. The Morgan fingerprint density at radius 2 is 2.16 bits per heavy atom. The Morgan fingerprint density at radius 3 is 2.95 bits per heavy atom. The van der Waals surface area contributed by atoms with E-state index in [4.69, 9.17) is 0 Å². The number of nitrogens with zero attached hydrogens (tertiary/aromatic N) is 3. The van der Waals surface area contributed by atoms with Crippen LogP contribution in [0, 0.1) is 5.92 Å². The maximum absolute atomic E-state index is 4.33. The second-order valence-electron chi connectivity index (χ2n) is 5.69. The molecule has 108 valence electrons. The van der Waals surface area contributed by atoms with Crippen molar-refractivity contribution in [2.24, 2.45) is 5.92 Å².